The molecule has 1 aromatic heterocycles. The van der Waals surface area contributed by atoms with Crippen molar-refractivity contribution in [2.24, 2.45) is 0 Å². The molecule has 0 aliphatic rings. The Morgan fingerprint density at radius 1 is 1.12 bits per heavy atom. The SMILES string of the molecule is C=CCc1cc(OCc2ccc3ccccc3n2)ccc1CC(=O)OC. The van der Waals surface area contributed by atoms with Gasteiger partial charge in [0.25, 0.3) is 0 Å². The molecule has 4 nitrogen and oxygen atoms in total. The second kappa shape index (κ2) is 8.30. The van der Waals surface area contributed by atoms with E-state index in [2.05, 4.69) is 11.6 Å². The number of aromatic nitrogens is 1. The third-order valence-electron chi connectivity index (χ3n) is 4.15. The van der Waals surface area contributed by atoms with Crippen LogP contribution in [0.3, 0.4) is 0 Å². The van der Waals surface area contributed by atoms with Gasteiger partial charge in [0.2, 0.25) is 0 Å². The summed E-state index contributed by atoms with van der Waals surface area (Å²) in [6, 6.07) is 17.7. The van der Waals surface area contributed by atoms with Crippen molar-refractivity contribution in [3.05, 3.63) is 84.1 Å². The zero-order valence-electron chi connectivity index (χ0n) is 14.8. The van der Waals surface area contributed by atoms with E-state index in [0.29, 0.717) is 13.0 Å². The summed E-state index contributed by atoms with van der Waals surface area (Å²) in [6.45, 7) is 4.17. The second-order valence-electron chi connectivity index (χ2n) is 5.96. The molecule has 0 unspecified atom stereocenters. The minimum atomic E-state index is -0.260. The quantitative estimate of drug-likeness (QED) is 0.473. The van der Waals surface area contributed by atoms with Gasteiger partial charge in [-0.05, 0) is 41.8 Å². The molecule has 0 N–H and O–H groups in total. The molecule has 0 amide bonds. The van der Waals surface area contributed by atoms with Gasteiger partial charge in [-0.15, -0.1) is 6.58 Å². The van der Waals surface area contributed by atoms with Crippen molar-refractivity contribution in [2.45, 2.75) is 19.4 Å². The molecule has 0 radical (unpaired) electrons. The minimum Gasteiger partial charge on any atom is -0.487 e. The number of allylic oxidation sites excluding steroid dienone is 1. The zero-order valence-corrected chi connectivity index (χ0v) is 14.8. The maximum Gasteiger partial charge on any atom is 0.309 e. The molecule has 3 rings (SSSR count). The van der Waals surface area contributed by atoms with Crippen molar-refractivity contribution in [1.29, 1.82) is 0 Å². The average Bonchev–Trinajstić information content (AvgIpc) is 2.68. The highest BCUT2D eigenvalue weighted by Crippen LogP contribution is 2.21. The van der Waals surface area contributed by atoms with E-state index in [0.717, 1.165) is 33.5 Å². The number of rotatable bonds is 7. The van der Waals surface area contributed by atoms with E-state index in [1.54, 1.807) is 0 Å². The summed E-state index contributed by atoms with van der Waals surface area (Å²) in [5.74, 6) is 0.481. The van der Waals surface area contributed by atoms with Crippen molar-refractivity contribution in [3.8, 4) is 5.75 Å². The number of methoxy groups -OCH3 is 1. The molecular formula is C22H21NO3. The first kappa shape index (κ1) is 17.7. The van der Waals surface area contributed by atoms with Gasteiger partial charge in [0, 0.05) is 5.39 Å². The Hall–Kier alpha value is -3.14. The fourth-order valence-electron chi connectivity index (χ4n) is 2.78. The first-order chi connectivity index (χ1) is 12.7. The van der Waals surface area contributed by atoms with E-state index in [9.17, 15) is 4.79 Å². The molecule has 4 heteroatoms. The molecule has 0 aliphatic carbocycles. The highest BCUT2D eigenvalue weighted by molar-refractivity contribution is 5.78. The Kier molecular flexibility index (Phi) is 5.64. The average molecular weight is 347 g/mol. The maximum absolute atomic E-state index is 11.6. The lowest BCUT2D eigenvalue weighted by molar-refractivity contribution is -0.139. The number of benzene rings is 2. The van der Waals surface area contributed by atoms with Gasteiger partial charge in [-0.1, -0.05) is 36.4 Å². The number of fused-ring (bicyclic) bond motifs is 1. The number of carbonyl (C=O) groups excluding carboxylic acids is 1. The van der Waals surface area contributed by atoms with Crippen LogP contribution < -0.4 is 4.74 Å². The van der Waals surface area contributed by atoms with Crippen molar-refractivity contribution >= 4 is 16.9 Å². The van der Waals surface area contributed by atoms with E-state index in [1.165, 1.54) is 7.11 Å². The van der Waals surface area contributed by atoms with Crippen LogP contribution in [-0.4, -0.2) is 18.1 Å². The van der Waals surface area contributed by atoms with E-state index in [-0.39, 0.29) is 12.4 Å². The topological polar surface area (TPSA) is 48.4 Å². The number of nitrogens with zero attached hydrogens (tertiary/aromatic N) is 1. The number of hydrogen-bond donors (Lipinski definition) is 0. The van der Waals surface area contributed by atoms with Crippen LogP contribution in [0.1, 0.15) is 16.8 Å². The van der Waals surface area contributed by atoms with Gasteiger partial charge in [0.15, 0.2) is 0 Å². The fourth-order valence-corrected chi connectivity index (χ4v) is 2.78. The fraction of sp³-hybridized carbons (Fsp3) is 0.182. The largest absolute Gasteiger partial charge is 0.487 e. The Morgan fingerprint density at radius 2 is 1.96 bits per heavy atom. The molecule has 1 heterocycles. The van der Waals surface area contributed by atoms with Gasteiger partial charge >= 0.3 is 5.97 Å². The van der Waals surface area contributed by atoms with Gasteiger partial charge in [-0.3, -0.25) is 4.79 Å². The highest BCUT2D eigenvalue weighted by Gasteiger charge is 2.09. The summed E-state index contributed by atoms with van der Waals surface area (Å²) >= 11 is 0. The van der Waals surface area contributed by atoms with Gasteiger partial charge in [-0.25, -0.2) is 4.98 Å². The lowest BCUT2D eigenvalue weighted by atomic mass is 10.0. The first-order valence-electron chi connectivity index (χ1n) is 8.46. The Morgan fingerprint density at radius 3 is 2.77 bits per heavy atom. The van der Waals surface area contributed by atoms with Crippen LogP contribution >= 0.6 is 0 Å². The number of para-hydroxylation sites is 1. The van der Waals surface area contributed by atoms with E-state index < -0.39 is 0 Å². The van der Waals surface area contributed by atoms with Gasteiger partial charge in [-0.2, -0.15) is 0 Å². The van der Waals surface area contributed by atoms with Crippen LogP contribution in [0.2, 0.25) is 0 Å². The molecule has 26 heavy (non-hydrogen) atoms. The van der Waals surface area contributed by atoms with Crippen molar-refractivity contribution in [1.82, 2.24) is 4.98 Å². The molecule has 0 saturated carbocycles. The van der Waals surface area contributed by atoms with Gasteiger partial charge < -0.3 is 9.47 Å². The predicted molar refractivity (Wildman–Crippen MR) is 102 cm³/mol. The normalized spacial score (nSPS) is 10.5. The Bertz CT molecular complexity index is 934. The molecule has 0 bridgehead atoms. The molecule has 2 aromatic carbocycles. The van der Waals surface area contributed by atoms with E-state index in [1.807, 2.05) is 60.7 Å². The van der Waals surface area contributed by atoms with Crippen LogP contribution in [0.15, 0.2) is 67.3 Å². The minimum absolute atomic E-state index is 0.242. The molecule has 0 spiro atoms. The standard InChI is InChI=1S/C22H21NO3/c1-3-6-17-13-20(12-10-18(17)14-22(24)25-2)26-15-19-11-9-16-7-4-5-8-21(16)23-19/h3-5,7-13H,1,6,14-15H2,2H3. The van der Waals surface area contributed by atoms with Crippen LogP contribution in [0.25, 0.3) is 10.9 Å². The molecular weight excluding hydrogens is 326 g/mol. The monoisotopic (exact) mass is 347 g/mol. The van der Waals surface area contributed by atoms with Crippen LogP contribution in [0, 0.1) is 0 Å². The number of carbonyl (C=O) groups is 1. The number of hydrogen-bond acceptors (Lipinski definition) is 4. The maximum atomic E-state index is 11.6. The van der Waals surface area contributed by atoms with E-state index >= 15 is 0 Å². The predicted octanol–water partition coefficient (Wildman–Crippen LogP) is 4.26. The van der Waals surface area contributed by atoms with Gasteiger partial charge in [0.1, 0.15) is 12.4 Å². The second-order valence-corrected chi connectivity index (χ2v) is 5.96. The van der Waals surface area contributed by atoms with E-state index in [4.69, 9.17) is 9.47 Å². The molecule has 3 aromatic rings. The van der Waals surface area contributed by atoms with Gasteiger partial charge in [0.05, 0.1) is 24.7 Å². The summed E-state index contributed by atoms with van der Waals surface area (Å²) in [5.41, 5.74) is 3.75. The molecule has 0 aliphatic heterocycles. The highest BCUT2D eigenvalue weighted by atomic mass is 16.5. The number of pyridine rings is 1. The summed E-state index contributed by atoms with van der Waals surface area (Å²) in [6.07, 6.45) is 2.72. The molecule has 0 fully saturated rings. The Balaban J connectivity index is 1.74. The Labute approximate surface area is 153 Å². The van der Waals surface area contributed by atoms with Crippen molar-refractivity contribution < 1.29 is 14.3 Å². The lowest BCUT2D eigenvalue weighted by Crippen LogP contribution is -2.07. The summed E-state index contributed by atoms with van der Waals surface area (Å²) < 4.78 is 10.7. The van der Waals surface area contributed by atoms with Crippen LogP contribution in [0.5, 0.6) is 5.75 Å². The van der Waals surface area contributed by atoms with Crippen molar-refractivity contribution in [2.75, 3.05) is 7.11 Å². The first-order valence-corrected chi connectivity index (χ1v) is 8.46. The zero-order chi connectivity index (χ0) is 18.4. The molecule has 0 saturated heterocycles. The summed E-state index contributed by atoms with van der Waals surface area (Å²) in [7, 11) is 1.39. The summed E-state index contributed by atoms with van der Waals surface area (Å²) in [5, 5.41) is 1.11. The van der Waals surface area contributed by atoms with Crippen molar-refractivity contribution in [3.63, 3.8) is 0 Å². The summed E-state index contributed by atoms with van der Waals surface area (Å²) in [4.78, 5) is 16.2. The number of ether oxygens (including phenoxy) is 2. The number of esters is 1. The molecule has 132 valence electrons. The van der Waals surface area contributed by atoms with Crippen LogP contribution in [-0.2, 0) is 29.0 Å². The lowest BCUT2D eigenvalue weighted by Gasteiger charge is -2.11. The van der Waals surface area contributed by atoms with Crippen LogP contribution in [0.4, 0.5) is 0 Å². The molecule has 0 atom stereocenters. The smallest absolute Gasteiger partial charge is 0.309 e. The third kappa shape index (κ3) is 4.28. The third-order valence-corrected chi connectivity index (χ3v) is 4.15.